The van der Waals surface area contributed by atoms with Gasteiger partial charge >= 0.3 is 11.9 Å². The Bertz CT molecular complexity index is 277. The van der Waals surface area contributed by atoms with E-state index in [1.807, 2.05) is 0 Å². The molecule has 0 aliphatic rings. The second-order valence-corrected chi connectivity index (χ2v) is 8.82. The molecule has 0 unspecified atom stereocenters. The van der Waals surface area contributed by atoms with Crippen LogP contribution in [0.25, 0.3) is 0 Å². The summed E-state index contributed by atoms with van der Waals surface area (Å²) in [5.41, 5.74) is 0. The van der Waals surface area contributed by atoms with Gasteiger partial charge in [0, 0.05) is 12.8 Å². The lowest BCUT2D eigenvalue weighted by Gasteiger charge is -2.10. The van der Waals surface area contributed by atoms with Crippen LogP contribution in [0.3, 0.4) is 0 Å². The Morgan fingerprint density at radius 1 is 0.737 bits per heavy atom. The first-order chi connectivity index (χ1) is 8.49. The first-order valence-electron chi connectivity index (χ1n) is 5.36. The summed E-state index contributed by atoms with van der Waals surface area (Å²) in [6.45, 7) is 0. The van der Waals surface area contributed by atoms with E-state index in [1.165, 1.54) is 0 Å². The van der Waals surface area contributed by atoms with Gasteiger partial charge in [-0.25, -0.2) is 0 Å². The molecule has 0 amide bonds. The van der Waals surface area contributed by atoms with Crippen molar-refractivity contribution in [2.75, 3.05) is 0 Å². The Kier molecular flexibility index (Phi) is 9.43. The van der Waals surface area contributed by atoms with Crippen molar-refractivity contribution >= 4 is 81.5 Å². The molecule has 0 spiro atoms. The number of hydrogen-bond acceptors (Lipinski definition) is 3. The fraction of sp³-hybridized carbons (Fsp3) is 0.800. The highest BCUT2D eigenvalue weighted by Crippen LogP contribution is 2.32. The lowest BCUT2D eigenvalue weighted by atomic mass is 10.2. The van der Waals surface area contributed by atoms with Gasteiger partial charge in [-0.05, 0) is 25.7 Å². The number of alkyl halides is 6. The van der Waals surface area contributed by atoms with Gasteiger partial charge in [0.2, 0.25) is 0 Å². The molecule has 0 aromatic heterocycles. The molecule has 0 aromatic carbocycles. The van der Waals surface area contributed by atoms with Gasteiger partial charge in [-0.1, -0.05) is 69.6 Å². The number of rotatable bonds is 6. The molecule has 0 aromatic rings. The highest BCUT2D eigenvalue weighted by molar-refractivity contribution is 6.67. The van der Waals surface area contributed by atoms with Crippen molar-refractivity contribution in [2.45, 2.75) is 46.1 Å². The minimum Gasteiger partial charge on any atom is -0.393 e. The second-order valence-electron chi connectivity index (χ2n) is 3.78. The average Bonchev–Trinajstić information content (AvgIpc) is 2.12. The Morgan fingerprint density at radius 2 is 1.05 bits per heavy atom. The Morgan fingerprint density at radius 3 is 1.32 bits per heavy atom. The van der Waals surface area contributed by atoms with Gasteiger partial charge in [0.05, 0.1) is 0 Å². The molecule has 0 aliphatic heterocycles. The first kappa shape index (κ1) is 19.9. The summed E-state index contributed by atoms with van der Waals surface area (Å²) in [6, 6.07) is 0. The van der Waals surface area contributed by atoms with Crippen LogP contribution in [0.1, 0.15) is 38.5 Å². The van der Waals surface area contributed by atoms with Gasteiger partial charge in [-0.15, -0.1) is 0 Å². The van der Waals surface area contributed by atoms with Crippen LogP contribution in [0, 0.1) is 0 Å². The predicted molar refractivity (Wildman–Crippen MR) is 79.4 cm³/mol. The fourth-order valence-electron chi connectivity index (χ4n) is 1.10. The van der Waals surface area contributed by atoms with E-state index in [0.29, 0.717) is 12.8 Å². The molecule has 0 rings (SSSR count). The zero-order valence-electron chi connectivity index (χ0n) is 9.74. The summed E-state index contributed by atoms with van der Waals surface area (Å²) in [6.07, 6.45) is 1.05. The van der Waals surface area contributed by atoms with E-state index in [2.05, 4.69) is 4.74 Å². The lowest BCUT2D eigenvalue weighted by molar-refractivity contribution is -0.159. The number of carbonyl (C=O) groups excluding carboxylic acids is 2. The molecule has 3 nitrogen and oxygen atoms in total. The zero-order chi connectivity index (χ0) is 15.1. The van der Waals surface area contributed by atoms with Crippen molar-refractivity contribution in [1.82, 2.24) is 0 Å². The normalized spacial score (nSPS) is 12.3. The van der Waals surface area contributed by atoms with Gasteiger partial charge in [-0.2, -0.15) is 0 Å². The van der Waals surface area contributed by atoms with Gasteiger partial charge in [0.1, 0.15) is 0 Å². The van der Waals surface area contributed by atoms with Crippen molar-refractivity contribution in [3.8, 4) is 0 Å². The van der Waals surface area contributed by atoms with Crippen molar-refractivity contribution < 1.29 is 14.3 Å². The molecule has 0 bridgehead atoms. The van der Waals surface area contributed by atoms with Crippen molar-refractivity contribution in [1.29, 1.82) is 0 Å². The maximum absolute atomic E-state index is 11.2. The molecule has 9 heteroatoms. The molecule has 0 atom stereocenters. The third kappa shape index (κ3) is 15.1. The topological polar surface area (TPSA) is 43.4 Å². The molecule has 0 heterocycles. The molecule has 0 saturated heterocycles. The molecule has 0 N–H and O–H groups in total. The molecule has 0 aliphatic carbocycles. The van der Waals surface area contributed by atoms with Crippen LogP contribution >= 0.6 is 69.6 Å². The molecule has 0 fully saturated rings. The summed E-state index contributed by atoms with van der Waals surface area (Å²) in [5.74, 6) is -1.32. The fourth-order valence-corrected chi connectivity index (χ4v) is 1.90. The highest BCUT2D eigenvalue weighted by Gasteiger charge is 2.21. The summed E-state index contributed by atoms with van der Waals surface area (Å²) < 4.78 is 1.73. The number of hydrogen-bond donors (Lipinski definition) is 0. The number of esters is 2. The summed E-state index contributed by atoms with van der Waals surface area (Å²) in [4.78, 5) is 22.5. The Balaban J connectivity index is 3.73. The van der Waals surface area contributed by atoms with Gasteiger partial charge in [0.15, 0.2) is 7.59 Å². The van der Waals surface area contributed by atoms with Crippen molar-refractivity contribution in [3.63, 3.8) is 0 Å². The minimum absolute atomic E-state index is 0.00407. The zero-order valence-corrected chi connectivity index (χ0v) is 14.3. The van der Waals surface area contributed by atoms with E-state index >= 15 is 0 Å². The molecule has 0 radical (unpaired) electrons. The van der Waals surface area contributed by atoms with Crippen LogP contribution in [0.15, 0.2) is 0 Å². The smallest absolute Gasteiger partial charge is 0.313 e. The minimum atomic E-state index is -1.41. The second kappa shape index (κ2) is 9.01. The van der Waals surface area contributed by atoms with E-state index in [9.17, 15) is 9.59 Å². The van der Waals surface area contributed by atoms with E-state index < -0.39 is 19.5 Å². The van der Waals surface area contributed by atoms with Crippen LogP contribution in [0.4, 0.5) is 0 Å². The predicted octanol–water partition coefficient (Wildman–Crippen LogP) is 5.14. The van der Waals surface area contributed by atoms with E-state index in [-0.39, 0.29) is 25.7 Å². The Hall–Kier alpha value is 0.880. The Labute approximate surface area is 141 Å². The summed E-state index contributed by atoms with van der Waals surface area (Å²) in [5, 5.41) is 0. The van der Waals surface area contributed by atoms with Crippen LogP contribution < -0.4 is 0 Å². The standard InChI is InChI=1S/C10H12Cl6O3/c11-9(12,13)5-1-3-7(17)19-8(18)4-2-6-10(14,15)16/h1-6H2. The van der Waals surface area contributed by atoms with Gasteiger partial charge in [-0.3, -0.25) is 9.59 Å². The molecular formula is C10H12Cl6O3. The van der Waals surface area contributed by atoms with E-state index in [0.717, 1.165) is 0 Å². The average molecular weight is 393 g/mol. The number of halogens is 6. The van der Waals surface area contributed by atoms with Crippen LogP contribution in [-0.4, -0.2) is 19.5 Å². The SMILES string of the molecule is O=C(CCCC(Cl)(Cl)Cl)OC(=O)CCCC(Cl)(Cl)Cl. The molecule has 112 valence electrons. The summed E-state index contributed by atoms with van der Waals surface area (Å²) in [7, 11) is 0. The lowest BCUT2D eigenvalue weighted by Crippen LogP contribution is -2.14. The van der Waals surface area contributed by atoms with Crippen molar-refractivity contribution in [3.05, 3.63) is 0 Å². The van der Waals surface area contributed by atoms with Crippen LogP contribution in [-0.2, 0) is 14.3 Å². The molecule has 0 saturated carbocycles. The first-order valence-corrected chi connectivity index (χ1v) is 7.63. The highest BCUT2D eigenvalue weighted by atomic mass is 35.6. The summed E-state index contributed by atoms with van der Waals surface area (Å²) >= 11 is 33.0. The van der Waals surface area contributed by atoms with Crippen LogP contribution in [0.2, 0.25) is 0 Å². The monoisotopic (exact) mass is 390 g/mol. The van der Waals surface area contributed by atoms with Gasteiger partial charge in [0.25, 0.3) is 0 Å². The van der Waals surface area contributed by atoms with Gasteiger partial charge < -0.3 is 4.74 Å². The number of carbonyl (C=O) groups is 2. The quantitative estimate of drug-likeness (QED) is 0.357. The third-order valence-electron chi connectivity index (χ3n) is 1.91. The maximum atomic E-state index is 11.2. The molecular weight excluding hydrogens is 381 g/mol. The molecule has 19 heavy (non-hydrogen) atoms. The largest absolute Gasteiger partial charge is 0.393 e. The number of ether oxygens (including phenoxy) is 1. The third-order valence-corrected chi connectivity index (χ3v) is 3.04. The maximum Gasteiger partial charge on any atom is 0.313 e. The van der Waals surface area contributed by atoms with Crippen molar-refractivity contribution in [2.24, 2.45) is 0 Å². The van der Waals surface area contributed by atoms with E-state index in [1.54, 1.807) is 0 Å². The van der Waals surface area contributed by atoms with Crippen LogP contribution in [0.5, 0.6) is 0 Å². The van der Waals surface area contributed by atoms with E-state index in [4.69, 9.17) is 69.6 Å².